The van der Waals surface area contributed by atoms with Crippen LogP contribution in [0.1, 0.15) is 40.5 Å². The number of aliphatic hydroxyl groups excluding tert-OH is 1. The van der Waals surface area contributed by atoms with Gasteiger partial charge in [0, 0.05) is 12.3 Å². The molecular weight excluding hydrogens is 244 g/mol. The molecule has 3 unspecified atom stereocenters. The van der Waals surface area contributed by atoms with Crippen LogP contribution < -0.4 is 0 Å². The third-order valence-electron chi connectivity index (χ3n) is 3.53. The topological polar surface area (TPSA) is 77.8 Å². The predicted molar refractivity (Wildman–Crippen MR) is 73.6 cm³/mol. The van der Waals surface area contributed by atoms with Crippen LogP contribution in [0.2, 0.25) is 0 Å². The summed E-state index contributed by atoms with van der Waals surface area (Å²) in [6.07, 6.45) is 4.39. The molecule has 0 heterocycles. The van der Waals surface area contributed by atoms with Gasteiger partial charge in [0.25, 0.3) is 0 Å². The molecule has 0 spiro atoms. The van der Waals surface area contributed by atoms with Gasteiger partial charge in [-0.05, 0) is 45.8 Å². The summed E-state index contributed by atoms with van der Waals surface area (Å²) in [5.74, 6) is -0.558. The van der Waals surface area contributed by atoms with Crippen molar-refractivity contribution < 1.29 is 20.1 Å². The van der Waals surface area contributed by atoms with Crippen molar-refractivity contribution >= 4 is 5.78 Å². The third-order valence-corrected chi connectivity index (χ3v) is 3.53. The van der Waals surface area contributed by atoms with Crippen molar-refractivity contribution in [3.63, 3.8) is 0 Å². The number of hydrogen-bond acceptors (Lipinski definition) is 4. The van der Waals surface area contributed by atoms with Gasteiger partial charge in [-0.2, -0.15) is 0 Å². The second-order valence-electron chi connectivity index (χ2n) is 6.19. The Kier molecular flexibility index (Phi) is 4.72. The predicted octanol–water partition coefficient (Wildman–Crippen LogP) is 1.35. The van der Waals surface area contributed by atoms with Gasteiger partial charge in [0.1, 0.15) is 0 Å². The molecule has 108 valence electrons. The Hall–Kier alpha value is -0.970. The molecule has 3 atom stereocenters. The lowest BCUT2D eigenvalue weighted by atomic mass is 9.75. The van der Waals surface area contributed by atoms with E-state index in [1.54, 1.807) is 39.8 Å². The van der Waals surface area contributed by atoms with Gasteiger partial charge >= 0.3 is 0 Å². The monoisotopic (exact) mass is 268 g/mol. The number of carbonyl (C=O) groups excluding carboxylic acids is 1. The highest BCUT2D eigenvalue weighted by atomic mass is 16.3. The van der Waals surface area contributed by atoms with Crippen molar-refractivity contribution in [2.75, 3.05) is 0 Å². The molecule has 4 heteroatoms. The molecule has 0 saturated carbocycles. The highest BCUT2D eigenvalue weighted by Gasteiger charge is 2.39. The molecule has 0 radical (unpaired) electrons. The number of hydrogen-bond donors (Lipinski definition) is 3. The first-order valence-corrected chi connectivity index (χ1v) is 6.55. The number of rotatable bonds is 4. The van der Waals surface area contributed by atoms with Crippen molar-refractivity contribution in [1.29, 1.82) is 0 Å². The van der Waals surface area contributed by atoms with Crippen LogP contribution in [0.15, 0.2) is 23.8 Å². The van der Waals surface area contributed by atoms with Crippen LogP contribution in [-0.2, 0) is 4.79 Å². The lowest BCUT2D eigenvalue weighted by molar-refractivity contribution is -0.123. The minimum Gasteiger partial charge on any atom is -0.389 e. The zero-order valence-electron chi connectivity index (χ0n) is 12.1. The average molecular weight is 268 g/mol. The number of ketones is 1. The number of carbonyl (C=O) groups is 1. The van der Waals surface area contributed by atoms with Crippen LogP contribution in [0.3, 0.4) is 0 Å². The summed E-state index contributed by atoms with van der Waals surface area (Å²) in [6.45, 7) is 6.56. The first kappa shape index (κ1) is 16.1. The minimum absolute atomic E-state index is 0.0398. The van der Waals surface area contributed by atoms with Gasteiger partial charge in [0.05, 0.1) is 17.3 Å². The maximum atomic E-state index is 11.7. The van der Waals surface area contributed by atoms with Crippen LogP contribution in [0, 0.1) is 5.92 Å². The summed E-state index contributed by atoms with van der Waals surface area (Å²) in [5, 5.41) is 30.0. The molecule has 1 aliphatic rings. The van der Waals surface area contributed by atoms with Crippen molar-refractivity contribution in [2.45, 2.75) is 57.8 Å². The molecule has 0 bridgehead atoms. The second-order valence-corrected chi connectivity index (χ2v) is 6.19. The summed E-state index contributed by atoms with van der Waals surface area (Å²) in [6, 6.07) is 0. The van der Waals surface area contributed by atoms with Gasteiger partial charge in [-0.15, -0.1) is 0 Å². The van der Waals surface area contributed by atoms with E-state index in [4.69, 9.17) is 0 Å². The van der Waals surface area contributed by atoms with Crippen LogP contribution in [0.5, 0.6) is 0 Å². The minimum atomic E-state index is -1.19. The summed E-state index contributed by atoms with van der Waals surface area (Å²) in [5.41, 5.74) is -1.58. The quantitative estimate of drug-likeness (QED) is 0.673. The number of allylic oxidation sites excluding steroid dienone is 1. The van der Waals surface area contributed by atoms with E-state index in [0.717, 1.165) is 0 Å². The fraction of sp³-hybridized carbons (Fsp3) is 0.667. The standard InChI is InChI=1S/C15H24O4/c1-10-8-13(17)11(9-12(10)16)15(4,19)7-5-6-14(2,3)18/h5-6,8,11,13,17-19H,7,9H2,1-4H3. The van der Waals surface area contributed by atoms with Crippen molar-refractivity contribution in [1.82, 2.24) is 0 Å². The Labute approximate surface area is 114 Å². The molecule has 0 fully saturated rings. The summed E-state index contributed by atoms with van der Waals surface area (Å²) in [7, 11) is 0. The highest BCUT2D eigenvalue weighted by Crippen LogP contribution is 2.33. The zero-order chi connectivity index (χ0) is 14.8. The van der Waals surface area contributed by atoms with Gasteiger partial charge < -0.3 is 15.3 Å². The van der Waals surface area contributed by atoms with E-state index in [9.17, 15) is 20.1 Å². The Balaban J connectivity index is 2.78. The maximum absolute atomic E-state index is 11.7. The van der Waals surface area contributed by atoms with Gasteiger partial charge in [-0.3, -0.25) is 4.79 Å². The number of aliphatic hydroxyl groups is 3. The van der Waals surface area contributed by atoms with E-state index in [1.165, 1.54) is 6.08 Å². The molecule has 4 nitrogen and oxygen atoms in total. The molecule has 19 heavy (non-hydrogen) atoms. The molecular formula is C15H24O4. The Bertz CT molecular complexity index is 399. The lowest BCUT2D eigenvalue weighted by Gasteiger charge is -2.36. The summed E-state index contributed by atoms with van der Waals surface area (Å²) in [4.78, 5) is 11.7. The average Bonchev–Trinajstić information content (AvgIpc) is 2.20. The maximum Gasteiger partial charge on any atom is 0.158 e. The van der Waals surface area contributed by atoms with E-state index >= 15 is 0 Å². The lowest BCUT2D eigenvalue weighted by Crippen LogP contribution is -2.44. The third kappa shape index (κ3) is 4.56. The van der Waals surface area contributed by atoms with Gasteiger partial charge in [0.2, 0.25) is 0 Å². The van der Waals surface area contributed by atoms with Crippen LogP contribution >= 0.6 is 0 Å². The van der Waals surface area contributed by atoms with E-state index < -0.39 is 23.2 Å². The van der Waals surface area contributed by atoms with Crippen molar-refractivity contribution in [3.05, 3.63) is 23.8 Å². The normalized spacial score (nSPS) is 28.4. The first-order chi connectivity index (χ1) is 8.53. The van der Waals surface area contributed by atoms with Gasteiger partial charge in [-0.25, -0.2) is 0 Å². The smallest absolute Gasteiger partial charge is 0.158 e. The number of Topliss-reactive ketones (excluding diaryl/α,β-unsaturated/α-hetero) is 1. The largest absolute Gasteiger partial charge is 0.389 e. The van der Waals surface area contributed by atoms with E-state index in [0.29, 0.717) is 5.57 Å². The second kappa shape index (κ2) is 5.57. The molecule has 0 aliphatic heterocycles. The summed E-state index contributed by atoms with van der Waals surface area (Å²) >= 11 is 0. The first-order valence-electron chi connectivity index (χ1n) is 6.55. The van der Waals surface area contributed by atoms with E-state index in [1.807, 2.05) is 0 Å². The molecule has 0 aromatic carbocycles. The van der Waals surface area contributed by atoms with Gasteiger partial charge in [0.15, 0.2) is 5.78 Å². The Morgan fingerprint density at radius 1 is 1.37 bits per heavy atom. The molecule has 0 aromatic rings. The van der Waals surface area contributed by atoms with Gasteiger partial charge in [-0.1, -0.05) is 12.2 Å². The van der Waals surface area contributed by atoms with Crippen LogP contribution in [0.25, 0.3) is 0 Å². The Morgan fingerprint density at radius 3 is 2.47 bits per heavy atom. The molecule has 3 N–H and O–H groups in total. The summed E-state index contributed by atoms with van der Waals surface area (Å²) < 4.78 is 0. The van der Waals surface area contributed by atoms with E-state index in [2.05, 4.69) is 0 Å². The van der Waals surface area contributed by atoms with E-state index in [-0.39, 0.29) is 18.6 Å². The molecule has 1 rings (SSSR count). The zero-order valence-corrected chi connectivity index (χ0v) is 12.1. The Morgan fingerprint density at radius 2 is 1.95 bits per heavy atom. The fourth-order valence-corrected chi connectivity index (χ4v) is 2.27. The molecule has 0 amide bonds. The fourth-order valence-electron chi connectivity index (χ4n) is 2.27. The van der Waals surface area contributed by atoms with Crippen molar-refractivity contribution in [2.24, 2.45) is 5.92 Å². The van der Waals surface area contributed by atoms with Crippen LogP contribution in [-0.4, -0.2) is 38.4 Å². The molecule has 1 aliphatic carbocycles. The SMILES string of the molecule is CC1=CC(O)C(C(C)(O)CC=CC(C)(C)O)CC1=O. The molecule has 0 saturated heterocycles. The van der Waals surface area contributed by atoms with Crippen molar-refractivity contribution in [3.8, 4) is 0 Å². The van der Waals surface area contributed by atoms with Crippen LogP contribution in [0.4, 0.5) is 0 Å². The molecule has 0 aromatic heterocycles. The highest BCUT2D eigenvalue weighted by molar-refractivity contribution is 5.96.